The highest BCUT2D eigenvalue weighted by atomic mass is 35.5. The molecule has 1 aromatic heterocycles. The molecule has 0 fully saturated rings. The van der Waals surface area contributed by atoms with Crippen molar-refractivity contribution in [1.29, 1.82) is 0 Å². The van der Waals surface area contributed by atoms with Gasteiger partial charge in [0.15, 0.2) is 0 Å². The lowest BCUT2D eigenvalue weighted by Crippen LogP contribution is -2.18. The lowest BCUT2D eigenvalue weighted by Gasteiger charge is -2.10. The van der Waals surface area contributed by atoms with Gasteiger partial charge in [0.2, 0.25) is 0 Å². The van der Waals surface area contributed by atoms with Crippen LogP contribution in [0.1, 0.15) is 11.4 Å². The van der Waals surface area contributed by atoms with E-state index in [4.69, 9.17) is 11.6 Å². The van der Waals surface area contributed by atoms with Gasteiger partial charge in [0.1, 0.15) is 10.7 Å². The van der Waals surface area contributed by atoms with Gasteiger partial charge in [-0.15, -0.1) is 0 Å². The molecule has 0 atom stereocenters. The number of hydrogen-bond donors (Lipinski definition) is 3. The molecule has 21 heavy (non-hydrogen) atoms. The van der Waals surface area contributed by atoms with Crippen LogP contribution in [0.15, 0.2) is 23.1 Å². The maximum Gasteiger partial charge on any atom is 0.265 e. The molecule has 3 N–H and O–H groups in total. The molecule has 0 amide bonds. The largest absolute Gasteiger partial charge is 0.314 e. The minimum absolute atomic E-state index is 0.00574. The first kappa shape index (κ1) is 15.7. The van der Waals surface area contributed by atoms with Crippen molar-refractivity contribution in [3.63, 3.8) is 0 Å². The minimum Gasteiger partial charge on any atom is -0.314 e. The van der Waals surface area contributed by atoms with E-state index in [-0.39, 0.29) is 22.2 Å². The number of sulfonamides is 1. The van der Waals surface area contributed by atoms with Crippen molar-refractivity contribution in [1.82, 2.24) is 15.5 Å². The van der Waals surface area contributed by atoms with Gasteiger partial charge in [-0.25, -0.2) is 12.8 Å². The van der Waals surface area contributed by atoms with Crippen molar-refractivity contribution in [2.45, 2.75) is 18.4 Å². The average Bonchev–Trinajstić information content (AvgIpc) is 2.75. The predicted octanol–water partition coefficient (Wildman–Crippen LogP) is 2.03. The van der Waals surface area contributed by atoms with Crippen molar-refractivity contribution < 1.29 is 12.8 Å². The smallest absolute Gasteiger partial charge is 0.265 e. The van der Waals surface area contributed by atoms with Crippen LogP contribution in [0.2, 0.25) is 5.02 Å². The lowest BCUT2D eigenvalue weighted by atomic mass is 10.3. The number of aromatic amines is 1. The number of H-pyrrole nitrogens is 1. The van der Waals surface area contributed by atoms with E-state index in [1.807, 2.05) is 0 Å². The van der Waals surface area contributed by atoms with Crippen LogP contribution in [0.25, 0.3) is 0 Å². The van der Waals surface area contributed by atoms with E-state index in [9.17, 15) is 12.8 Å². The van der Waals surface area contributed by atoms with E-state index < -0.39 is 15.8 Å². The Morgan fingerprint density at radius 1 is 1.43 bits per heavy atom. The molecule has 1 aromatic carbocycles. The van der Waals surface area contributed by atoms with Crippen molar-refractivity contribution in [3.8, 4) is 0 Å². The Kier molecular flexibility index (Phi) is 4.50. The zero-order chi connectivity index (χ0) is 15.6. The molecule has 0 aliphatic carbocycles. The second-order valence-corrected chi connectivity index (χ2v) is 6.44. The monoisotopic (exact) mass is 332 g/mol. The van der Waals surface area contributed by atoms with Crippen LogP contribution in [-0.4, -0.2) is 25.7 Å². The Balaban J connectivity index is 2.41. The third-order valence-electron chi connectivity index (χ3n) is 2.75. The first-order valence-corrected chi connectivity index (χ1v) is 7.87. The highest BCUT2D eigenvalue weighted by Gasteiger charge is 2.25. The summed E-state index contributed by atoms with van der Waals surface area (Å²) in [6.07, 6.45) is 0. The SMILES string of the molecule is CNCc1n[nH]c(C)c1S(=O)(=O)Nc1ccc(Cl)cc1F. The van der Waals surface area contributed by atoms with Crippen molar-refractivity contribution in [3.05, 3.63) is 40.4 Å². The van der Waals surface area contributed by atoms with Gasteiger partial charge in [-0.2, -0.15) is 5.10 Å². The Morgan fingerprint density at radius 2 is 2.14 bits per heavy atom. The van der Waals surface area contributed by atoms with Gasteiger partial charge in [0, 0.05) is 11.6 Å². The second kappa shape index (κ2) is 6.00. The number of hydrogen-bond acceptors (Lipinski definition) is 4. The van der Waals surface area contributed by atoms with Gasteiger partial charge in [-0.3, -0.25) is 9.82 Å². The standard InChI is InChI=1S/C12H14ClFN4O2S/c1-7-12(11(6-15-2)17-16-7)21(19,20)18-10-4-3-8(13)5-9(10)14/h3-5,15,18H,6H2,1-2H3,(H,16,17). The van der Waals surface area contributed by atoms with Crippen molar-refractivity contribution >= 4 is 27.3 Å². The molecule has 9 heteroatoms. The van der Waals surface area contributed by atoms with Crippen LogP contribution in [0.3, 0.4) is 0 Å². The normalized spacial score (nSPS) is 11.6. The van der Waals surface area contributed by atoms with E-state index in [0.29, 0.717) is 11.4 Å². The number of aryl methyl sites for hydroxylation is 1. The third kappa shape index (κ3) is 3.34. The zero-order valence-corrected chi connectivity index (χ0v) is 12.9. The summed E-state index contributed by atoms with van der Waals surface area (Å²) in [6, 6.07) is 3.71. The molecule has 0 saturated heterocycles. The molecule has 6 nitrogen and oxygen atoms in total. The number of benzene rings is 1. The van der Waals surface area contributed by atoms with Crippen LogP contribution in [0, 0.1) is 12.7 Å². The second-order valence-electron chi connectivity index (χ2n) is 4.38. The topological polar surface area (TPSA) is 86.9 Å². The Labute approximate surface area is 126 Å². The summed E-state index contributed by atoms with van der Waals surface area (Å²) in [4.78, 5) is 0.00574. The quantitative estimate of drug-likeness (QED) is 0.782. The molecule has 0 radical (unpaired) electrons. The van der Waals surface area contributed by atoms with Crippen LogP contribution in [0.4, 0.5) is 10.1 Å². The molecule has 0 saturated carbocycles. The fourth-order valence-electron chi connectivity index (χ4n) is 1.88. The summed E-state index contributed by atoms with van der Waals surface area (Å²) in [5.41, 5.74) is 0.536. The first-order valence-electron chi connectivity index (χ1n) is 6.01. The third-order valence-corrected chi connectivity index (χ3v) is 4.55. The van der Waals surface area contributed by atoms with Crippen molar-refractivity contribution in [2.75, 3.05) is 11.8 Å². The summed E-state index contributed by atoms with van der Waals surface area (Å²) in [5.74, 6) is -0.748. The molecular formula is C12H14ClFN4O2S. The van der Waals surface area contributed by atoms with Crippen LogP contribution in [0.5, 0.6) is 0 Å². The minimum atomic E-state index is -3.96. The molecule has 0 bridgehead atoms. The van der Waals surface area contributed by atoms with E-state index in [1.165, 1.54) is 12.1 Å². The molecule has 1 heterocycles. The number of aromatic nitrogens is 2. The first-order chi connectivity index (χ1) is 9.85. The molecule has 2 aromatic rings. The molecule has 0 aliphatic rings. The number of anilines is 1. The van der Waals surface area contributed by atoms with Gasteiger partial charge >= 0.3 is 0 Å². The van der Waals surface area contributed by atoms with Gasteiger partial charge in [-0.05, 0) is 32.2 Å². The van der Waals surface area contributed by atoms with Gasteiger partial charge in [-0.1, -0.05) is 11.6 Å². The number of halogens is 2. The fraction of sp³-hybridized carbons (Fsp3) is 0.250. The Morgan fingerprint density at radius 3 is 2.76 bits per heavy atom. The van der Waals surface area contributed by atoms with Crippen LogP contribution < -0.4 is 10.0 Å². The molecular weight excluding hydrogens is 319 g/mol. The van der Waals surface area contributed by atoms with Gasteiger partial charge in [0.05, 0.1) is 17.1 Å². The maximum absolute atomic E-state index is 13.7. The predicted molar refractivity (Wildman–Crippen MR) is 78.3 cm³/mol. The van der Waals surface area contributed by atoms with E-state index >= 15 is 0 Å². The van der Waals surface area contributed by atoms with E-state index in [0.717, 1.165) is 6.07 Å². The van der Waals surface area contributed by atoms with Crippen LogP contribution >= 0.6 is 11.6 Å². The number of nitrogens with one attached hydrogen (secondary N) is 3. The summed E-state index contributed by atoms with van der Waals surface area (Å²) in [5, 5.41) is 9.55. The van der Waals surface area contributed by atoms with Crippen molar-refractivity contribution in [2.24, 2.45) is 0 Å². The summed E-state index contributed by atoms with van der Waals surface area (Å²) in [6.45, 7) is 1.85. The highest BCUT2D eigenvalue weighted by Crippen LogP contribution is 2.24. The molecule has 114 valence electrons. The molecule has 2 rings (SSSR count). The van der Waals surface area contributed by atoms with E-state index in [2.05, 4.69) is 20.2 Å². The Bertz CT molecular complexity index is 761. The average molecular weight is 333 g/mol. The highest BCUT2D eigenvalue weighted by molar-refractivity contribution is 7.92. The van der Waals surface area contributed by atoms with Gasteiger partial charge in [0.25, 0.3) is 10.0 Å². The Hall–Kier alpha value is -1.64. The van der Waals surface area contributed by atoms with Crippen LogP contribution in [-0.2, 0) is 16.6 Å². The summed E-state index contributed by atoms with van der Waals surface area (Å²) in [7, 11) is -2.28. The molecule has 0 spiro atoms. The van der Waals surface area contributed by atoms with Gasteiger partial charge < -0.3 is 5.32 Å². The molecule has 0 unspecified atom stereocenters. The maximum atomic E-state index is 13.7. The number of rotatable bonds is 5. The lowest BCUT2D eigenvalue weighted by molar-refractivity contribution is 0.596. The van der Waals surface area contributed by atoms with E-state index in [1.54, 1.807) is 14.0 Å². The zero-order valence-electron chi connectivity index (χ0n) is 11.4. The fourth-order valence-corrected chi connectivity index (χ4v) is 3.47. The number of nitrogens with zero attached hydrogens (tertiary/aromatic N) is 1. The summed E-state index contributed by atoms with van der Waals surface area (Å²) < 4.78 is 40.8. The summed E-state index contributed by atoms with van der Waals surface area (Å²) >= 11 is 5.64. The molecule has 0 aliphatic heterocycles.